The van der Waals surface area contributed by atoms with Gasteiger partial charge in [-0.05, 0) is 35.4 Å². The fraction of sp³-hybridized carbons (Fsp3) is 0.435. The third-order valence-electron chi connectivity index (χ3n) is 5.70. The summed E-state index contributed by atoms with van der Waals surface area (Å²) in [6.45, 7) is 8.32. The molecule has 1 atom stereocenters. The molecule has 7 heteroatoms. The molecule has 30 heavy (non-hydrogen) atoms. The number of thioether (sulfide) groups is 1. The van der Waals surface area contributed by atoms with Crippen LogP contribution in [0, 0.1) is 11.3 Å². The number of aromatic nitrogens is 2. The molecule has 0 amide bonds. The van der Waals surface area contributed by atoms with Gasteiger partial charge in [0.2, 0.25) is 0 Å². The maximum Gasteiger partial charge on any atom is 0.257 e. The Bertz CT molecular complexity index is 1090. The molecule has 0 saturated heterocycles. The van der Waals surface area contributed by atoms with Crippen LogP contribution in [0.5, 0.6) is 0 Å². The summed E-state index contributed by atoms with van der Waals surface area (Å²) in [5.74, 6) is 1.29. The summed E-state index contributed by atoms with van der Waals surface area (Å²) in [5.41, 5.74) is 3.10. The van der Waals surface area contributed by atoms with E-state index in [1.54, 1.807) is 0 Å². The highest BCUT2D eigenvalue weighted by Gasteiger charge is 2.42. The van der Waals surface area contributed by atoms with E-state index in [-0.39, 0.29) is 28.6 Å². The number of fused-ring (bicyclic) bond motifs is 1. The predicted molar refractivity (Wildman–Crippen MR) is 122 cm³/mol. The number of allylic oxidation sites excluding steroid dienone is 2. The van der Waals surface area contributed by atoms with Crippen LogP contribution >= 0.6 is 23.4 Å². The molecule has 0 saturated carbocycles. The number of hydrogen-bond acceptors (Lipinski definition) is 5. The SMILES string of the molecule is CC(C)[C@H]1C2=C(CC(C)(C)CC2=O)Nc2nc(SCc3ccc(Cl)cc3)[nH]c(=O)c21. The number of ketones is 1. The van der Waals surface area contributed by atoms with Gasteiger partial charge in [-0.3, -0.25) is 9.59 Å². The van der Waals surface area contributed by atoms with E-state index in [1.807, 2.05) is 24.3 Å². The zero-order chi connectivity index (χ0) is 21.6. The predicted octanol–water partition coefficient (Wildman–Crippen LogP) is 5.52. The number of halogens is 1. The maximum absolute atomic E-state index is 13.1. The van der Waals surface area contributed by atoms with Gasteiger partial charge >= 0.3 is 0 Å². The molecule has 0 radical (unpaired) electrons. The Morgan fingerprint density at radius 3 is 2.57 bits per heavy atom. The van der Waals surface area contributed by atoms with Crippen molar-refractivity contribution in [3.05, 3.63) is 62.0 Å². The van der Waals surface area contributed by atoms with Crippen LogP contribution < -0.4 is 10.9 Å². The highest BCUT2D eigenvalue weighted by Crippen LogP contribution is 2.47. The molecular formula is C23H26ClN3O2S. The summed E-state index contributed by atoms with van der Waals surface area (Å²) in [4.78, 5) is 33.7. The zero-order valence-electron chi connectivity index (χ0n) is 17.6. The smallest absolute Gasteiger partial charge is 0.257 e. The van der Waals surface area contributed by atoms with Crippen LogP contribution in [0.3, 0.4) is 0 Å². The van der Waals surface area contributed by atoms with Gasteiger partial charge in [0.05, 0.1) is 5.56 Å². The van der Waals surface area contributed by atoms with Crippen molar-refractivity contribution in [2.45, 2.75) is 57.4 Å². The van der Waals surface area contributed by atoms with E-state index < -0.39 is 0 Å². The van der Waals surface area contributed by atoms with Gasteiger partial charge in [0, 0.05) is 34.4 Å². The standard InChI is InChI=1S/C23H26ClN3O2S/c1-12(2)17-18-15(9-23(3,4)10-16(18)28)25-20-19(17)21(29)27-22(26-20)30-11-13-5-7-14(24)8-6-13/h5-8,12,17H,9-11H2,1-4H3,(H2,25,26,27,29)/t17-/m0/s1. The topological polar surface area (TPSA) is 74.8 Å². The van der Waals surface area contributed by atoms with Gasteiger partial charge in [-0.25, -0.2) is 4.98 Å². The number of hydrogen-bond donors (Lipinski definition) is 2. The average Bonchev–Trinajstić information content (AvgIpc) is 2.64. The summed E-state index contributed by atoms with van der Waals surface area (Å²) in [6.07, 6.45) is 1.28. The minimum atomic E-state index is -0.230. The van der Waals surface area contributed by atoms with E-state index in [0.29, 0.717) is 33.7 Å². The Morgan fingerprint density at radius 2 is 1.90 bits per heavy atom. The lowest BCUT2D eigenvalue weighted by Gasteiger charge is -2.39. The number of nitrogens with zero attached hydrogens (tertiary/aromatic N) is 1. The van der Waals surface area contributed by atoms with Gasteiger partial charge in [-0.2, -0.15) is 0 Å². The Balaban J connectivity index is 1.69. The molecule has 2 aromatic rings. The Hall–Kier alpha value is -2.05. The number of anilines is 1. The summed E-state index contributed by atoms with van der Waals surface area (Å²) >= 11 is 7.42. The van der Waals surface area contributed by atoms with E-state index in [0.717, 1.165) is 23.3 Å². The number of Topliss-reactive ketones (excluding diaryl/α,β-unsaturated/α-hetero) is 1. The van der Waals surface area contributed by atoms with Crippen LogP contribution in [0.4, 0.5) is 5.82 Å². The van der Waals surface area contributed by atoms with E-state index in [4.69, 9.17) is 16.6 Å². The van der Waals surface area contributed by atoms with Crippen LogP contribution in [0.25, 0.3) is 0 Å². The van der Waals surface area contributed by atoms with Crippen molar-refractivity contribution in [2.24, 2.45) is 11.3 Å². The molecule has 2 aliphatic rings. The molecule has 1 aromatic carbocycles. The van der Waals surface area contributed by atoms with E-state index in [2.05, 4.69) is 38.0 Å². The van der Waals surface area contributed by atoms with Crippen LogP contribution in [0.1, 0.15) is 57.6 Å². The number of H-pyrrole nitrogens is 1. The quantitative estimate of drug-likeness (QED) is 0.480. The summed E-state index contributed by atoms with van der Waals surface area (Å²) in [5, 5.41) is 4.61. The van der Waals surface area contributed by atoms with Crippen molar-refractivity contribution in [1.29, 1.82) is 0 Å². The summed E-state index contributed by atoms with van der Waals surface area (Å²) in [6, 6.07) is 7.63. The molecule has 2 heterocycles. The normalized spacial score (nSPS) is 20.1. The van der Waals surface area contributed by atoms with Crippen LogP contribution in [0.15, 0.2) is 45.5 Å². The number of nitrogens with one attached hydrogen (secondary N) is 2. The minimum Gasteiger partial charge on any atom is -0.343 e. The lowest BCUT2D eigenvalue weighted by molar-refractivity contribution is -0.118. The molecular weight excluding hydrogens is 418 g/mol. The van der Waals surface area contributed by atoms with Crippen LogP contribution in [0.2, 0.25) is 5.02 Å². The van der Waals surface area contributed by atoms with Crippen molar-refractivity contribution < 1.29 is 4.79 Å². The Kier molecular flexibility index (Phi) is 5.58. The molecule has 2 N–H and O–H groups in total. The third kappa shape index (κ3) is 4.08. The van der Waals surface area contributed by atoms with Gasteiger partial charge in [0.1, 0.15) is 5.82 Å². The number of carbonyl (C=O) groups is 1. The summed E-state index contributed by atoms with van der Waals surface area (Å²) in [7, 11) is 0. The van der Waals surface area contributed by atoms with Gasteiger partial charge in [-0.15, -0.1) is 0 Å². The van der Waals surface area contributed by atoms with Crippen molar-refractivity contribution in [2.75, 3.05) is 5.32 Å². The lowest BCUT2D eigenvalue weighted by atomic mass is 9.68. The first kappa shape index (κ1) is 21.2. The van der Waals surface area contributed by atoms with Gasteiger partial charge in [0.15, 0.2) is 10.9 Å². The lowest BCUT2D eigenvalue weighted by Crippen LogP contribution is -2.38. The first-order valence-electron chi connectivity index (χ1n) is 10.2. The van der Waals surface area contributed by atoms with Crippen molar-refractivity contribution in [1.82, 2.24) is 9.97 Å². The second-order valence-corrected chi connectivity index (χ2v) is 10.6. The van der Waals surface area contributed by atoms with E-state index in [9.17, 15) is 9.59 Å². The number of carbonyl (C=O) groups excluding carboxylic acids is 1. The molecule has 1 aromatic heterocycles. The zero-order valence-corrected chi connectivity index (χ0v) is 19.2. The molecule has 158 valence electrons. The van der Waals surface area contributed by atoms with E-state index >= 15 is 0 Å². The minimum absolute atomic E-state index is 0.102. The third-order valence-corrected chi connectivity index (χ3v) is 6.90. The Morgan fingerprint density at radius 1 is 1.20 bits per heavy atom. The molecule has 0 fully saturated rings. The first-order chi connectivity index (χ1) is 14.1. The summed E-state index contributed by atoms with van der Waals surface area (Å²) < 4.78 is 0. The second kappa shape index (κ2) is 7.89. The number of aromatic amines is 1. The molecule has 4 rings (SSSR count). The highest BCUT2D eigenvalue weighted by molar-refractivity contribution is 7.98. The maximum atomic E-state index is 13.1. The Labute approximate surface area is 185 Å². The number of rotatable bonds is 4. The van der Waals surface area contributed by atoms with Gasteiger partial charge < -0.3 is 10.3 Å². The van der Waals surface area contributed by atoms with Crippen LogP contribution in [-0.4, -0.2) is 15.8 Å². The highest BCUT2D eigenvalue weighted by atomic mass is 35.5. The van der Waals surface area contributed by atoms with Crippen molar-refractivity contribution in [3.63, 3.8) is 0 Å². The van der Waals surface area contributed by atoms with Crippen LogP contribution in [-0.2, 0) is 10.5 Å². The fourth-order valence-corrected chi connectivity index (χ4v) is 5.35. The molecule has 5 nitrogen and oxygen atoms in total. The molecule has 0 bridgehead atoms. The molecule has 1 aliphatic heterocycles. The van der Waals surface area contributed by atoms with Crippen molar-refractivity contribution in [3.8, 4) is 0 Å². The average molecular weight is 444 g/mol. The fourth-order valence-electron chi connectivity index (χ4n) is 4.41. The van der Waals surface area contributed by atoms with Gasteiger partial charge in [-0.1, -0.05) is 63.2 Å². The first-order valence-corrected chi connectivity index (χ1v) is 11.6. The molecule has 1 aliphatic carbocycles. The monoisotopic (exact) mass is 443 g/mol. The molecule has 0 unspecified atom stereocenters. The largest absolute Gasteiger partial charge is 0.343 e. The second-order valence-electron chi connectivity index (χ2n) is 9.23. The number of benzene rings is 1. The molecule has 0 spiro atoms. The van der Waals surface area contributed by atoms with Gasteiger partial charge in [0.25, 0.3) is 5.56 Å². The van der Waals surface area contributed by atoms with E-state index in [1.165, 1.54) is 11.8 Å². The van der Waals surface area contributed by atoms with Crippen molar-refractivity contribution >= 4 is 35.0 Å².